The number of ether oxygens (including phenoxy) is 1. The van der Waals surface area contributed by atoms with Crippen LogP contribution in [-0.2, 0) is 17.8 Å². The van der Waals surface area contributed by atoms with Crippen molar-refractivity contribution < 1.29 is 9.53 Å². The van der Waals surface area contributed by atoms with E-state index in [1.807, 2.05) is 38.2 Å². The van der Waals surface area contributed by atoms with Crippen LogP contribution in [0.4, 0.5) is 11.9 Å². The van der Waals surface area contributed by atoms with Gasteiger partial charge in [-0.1, -0.05) is 44.2 Å². The van der Waals surface area contributed by atoms with Gasteiger partial charge in [0.05, 0.1) is 6.20 Å². The van der Waals surface area contributed by atoms with Crippen molar-refractivity contribution in [1.29, 1.82) is 0 Å². The van der Waals surface area contributed by atoms with Crippen LogP contribution in [0.5, 0.6) is 5.75 Å². The number of fused-ring (bicyclic) bond motifs is 2. The zero-order valence-corrected chi connectivity index (χ0v) is 23.6. The Labute approximate surface area is 234 Å². The molecule has 2 aromatic heterocycles. The predicted octanol–water partition coefficient (Wildman–Crippen LogP) is 4.74. The number of piperidine rings is 1. The number of hydrogen-bond acceptors (Lipinski definition) is 8. The Morgan fingerprint density at radius 3 is 2.67 bits per heavy atom. The molecule has 2 aliphatic rings. The number of ketones is 1. The maximum atomic E-state index is 12.6. The number of carbonyl (C=O) groups excluding carboxylic acids is 1. The van der Waals surface area contributed by atoms with Crippen molar-refractivity contribution in [3.05, 3.63) is 65.4 Å². The van der Waals surface area contributed by atoms with Crippen molar-refractivity contribution in [3.8, 4) is 16.9 Å². The quantitative estimate of drug-likeness (QED) is 0.362. The van der Waals surface area contributed by atoms with Gasteiger partial charge in [-0.2, -0.15) is 19.6 Å². The van der Waals surface area contributed by atoms with Gasteiger partial charge in [0.25, 0.3) is 0 Å². The largest absolute Gasteiger partial charge is 0.480 e. The number of rotatable bonds is 6. The number of benzene rings is 2. The van der Waals surface area contributed by atoms with Gasteiger partial charge < -0.3 is 20.7 Å². The summed E-state index contributed by atoms with van der Waals surface area (Å²) in [4.78, 5) is 24.7. The molecule has 2 aliphatic heterocycles. The summed E-state index contributed by atoms with van der Waals surface area (Å²) < 4.78 is 7.79. The molecule has 9 heteroatoms. The van der Waals surface area contributed by atoms with Gasteiger partial charge in [0.2, 0.25) is 11.9 Å². The molecule has 9 nitrogen and oxygen atoms in total. The van der Waals surface area contributed by atoms with Crippen molar-refractivity contribution in [2.75, 3.05) is 23.3 Å². The Kier molecular flexibility index (Phi) is 6.70. The van der Waals surface area contributed by atoms with Crippen LogP contribution in [0.15, 0.2) is 48.7 Å². The molecule has 0 saturated carbocycles. The van der Waals surface area contributed by atoms with Crippen LogP contribution in [0.2, 0.25) is 0 Å². The second-order valence-corrected chi connectivity index (χ2v) is 11.7. The molecule has 1 fully saturated rings. The number of hydrogen-bond donors (Lipinski definition) is 2. The number of anilines is 2. The first-order valence-electron chi connectivity index (χ1n) is 14.1. The molecule has 0 bridgehead atoms. The summed E-state index contributed by atoms with van der Waals surface area (Å²) in [5, 5.41) is 8.20. The minimum absolute atomic E-state index is 0.0892. The number of carbonyl (C=O) groups is 1. The molecule has 40 heavy (non-hydrogen) atoms. The van der Waals surface area contributed by atoms with Gasteiger partial charge in [-0.15, -0.1) is 0 Å². The molecule has 0 unspecified atom stereocenters. The van der Waals surface area contributed by atoms with Crippen molar-refractivity contribution >= 4 is 23.3 Å². The van der Waals surface area contributed by atoms with E-state index in [4.69, 9.17) is 20.4 Å². The van der Waals surface area contributed by atoms with Crippen LogP contribution in [-0.4, -0.2) is 50.1 Å². The Hall–Kier alpha value is -3.98. The van der Waals surface area contributed by atoms with Crippen LogP contribution in [0, 0.1) is 0 Å². The van der Waals surface area contributed by atoms with Crippen LogP contribution < -0.4 is 20.7 Å². The molecule has 0 spiro atoms. The van der Waals surface area contributed by atoms with Crippen LogP contribution in [0.25, 0.3) is 16.8 Å². The van der Waals surface area contributed by atoms with Crippen molar-refractivity contribution in [3.63, 3.8) is 0 Å². The van der Waals surface area contributed by atoms with Crippen LogP contribution >= 0.6 is 0 Å². The monoisotopic (exact) mass is 539 g/mol. The third kappa shape index (κ3) is 4.90. The molecule has 6 rings (SSSR count). The number of nitrogens with one attached hydrogen (secondary N) is 1. The van der Waals surface area contributed by atoms with E-state index in [-0.39, 0.29) is 17.7 Å². The third-order valence-corrected chi connectivity index (χ3v) is 8.04. The van der Waals surface area contributed by atoms with Gasteiger partial charge in [-0.25, -0.2) is 0 Å². The maximum Gasteiger partial charge on any atom is 0.230 e. The van der Waals surface area contributed by atoms with Crippen LogP contribution in [0.1, 0.15) is 63.1 Å². The fraction of sp³-hybridized carbons (Fsp3) is 0.419. The first-order valence-corrected chi connectivity index (χ1v) is 14.1. The summed E-state index contributed by atoms with van der Waals surface area (Å²) in [6.45, 7) is 10.2. The molecule has 0 radical (unpaired) electrons. The molecule has 0 aliphatic carbocycles. The Balaban J connectivity index is 1.32. The average Bonchev–Trinajstić information content (AvgIpc) is 3.37. The summed E-state index contributed by atoms with van der Waals surface area (Å²) in [6.07, 6.45) is 4.12. The SMILES string of the molecule is CC(C)c1cnn2c(NCc3ccccc3-c3ccc4c(c3)CC(=O)C(C)(C)O4)nc(N3CCC(N)CC3)nc12. The van der Waals surface area contributed by atoms with E-state index in [0.29, 0.717) is 24.9 Å². The second-order valence-electron chi connectivity index (χ2n) is 11.7. The molecule has 0 atom stereocenters. The topological polar surface area (TPSA) is 111 Å². The fourth-order valence-corrected chi connectivity index (χ4v) is 5.48. The van der Waals surface area contributed by atoms with Gasteiger partial charge in [-0.3, -0.25) is 4.79 Å². The summed E-state index contributed by atoms with van der Waals surface area (Å²) in [6, 6.07) is 14.6. The number of nitrogens with two attached hydrogens (primary N) is 1. The lowest BCUT2D eigenvalue weighted by Crippen LogP contribution is -2.42. The molecule has 3 N–H and O–H groups in total. The first-order chi connectivity index (χ1) is 19.2. The molecular weight excluding hydrogens is 502 g/mol. The summed E-state index contributed by atoms with van der Waals surface area (Å²) >= 11 is 0. The van der Waals surface area contributed by atoms with E-state index >= 15 is 0 Å². The van der Waals surface area contributed by atoms with Gasteiger partial charge in [-0.05, 0) is 61.4 Å². The van der Waals surface area contributed by atoms with Gasteiger partial charge in [0.15, 0.2) is 17.0 Å². The van der Waals surface area contributed by atoms with Crippen molar-refractivity contribution in [1.82, 2.24) is 19.6 Å². The van der Waals surface area contributed by atoms with E-state index in [0.717, 1.165) is 65.1 Å². The number of nitrogens with zero attached hydrogens (tertiary/aromatic N) is 5. The lowest BCUT2D eigenvalue weighted by molar-refractivity contribution is -0.132. The summed E-state index contributed by atoms with van der Waals surface area (Å²) in [7, 11) is 0. The maximum absolute atomic E-state index is 12.6. The van der Waals surface area contributed by atoms with E-state index in [1.165, 1.54) is 0 Å². The van der Waals surface area contributed by atoms with Gasteiger partial charge in [0, 0.05) is 43.2 Å². The molecular formula is C31H37N7O2. The smallest absolute Gasteiger partial charge is 0.230 e. The zero-order chi connectivity index (χ0) is 28.0. The van der Waals surface area contributed by atoms with E-state index in [2.05, 4.69) is 53.4 Å². The van der Waals surface area contributed by atoms with E-state index in [1.54, 1.807) is 4.52 Å². The van der Waals surface area contributed by atoms with E-state index < -0.39 is 5.60 Å². The molecule has 2 aromatic carbocycles. The minimum Gasteiger partial charge on any atom is -0.480 e. The Morgan fingerprint density at radius 1 is 1.12 bits per heavy atom. The molecule has 208 valence electrons. The zero-order valence-electron chi connectivity index (χ0n) is 23.6. The van der Waals surface area contributed by atoms with Gasteiger partial charge in [0.1, 0.15) is 5.75 Å². The highest BCUT2D eigenvalue weighted by Crippen LogP contribution is 2.35. The average molecular weight is 540 g/mol. The standard InChI is InChI=1S/C31H37N7O2/c1-19(2)25-18-34-38-28(25)35-30(37-13-11-23(32)12-14-37)36-29(38)33-17-21-7-5-6-8-24(21)20-9-10-26-22(15-20)16-27(39)31(3,4)40-26/h5-10,15,18-19,23H,11-14,16-17,32H2,1-4H3,(H,33,35,36). The molecule has 1 saturated heterocycles. The highest BCUT2D eigenvalue weighted by atomic mass is 16.5. The van der Waals surface area contributed by atoms with E-state index in [9.17, 15) is 4.79 Å². The van der Waals surface area contributed by atoms with Crippen molar-refractivity contribution in [2.45, 2.75) is 71.1 Å². The molecule has 4 heterocycles. The Morgan fingerprint density at radius 2 is 1.90 bits per heavy atom. The minimum atomic E-state index is -0.791. The third-order valence-electron chi connectivity index (χ3n) is 8.04. The summed E-state index contributed by atoms with van der Waals surface area (Å²) in [5.41, 5.74) is 11.5. The summed E-state index contributed by atoms with van der Waals surface area (Å²) in [5.74, 6) is 2.52. The molecule has 4 aromatic rings. The highest BCUT2D eigenvalue weighted by Gasteiger charge is 2.35. The number of aromatic nitrogens is 4. The second kappa shape index (κ2) is 10.2. The van der Waals surface area contributed by atoms with Crippen LogP contribution in [0.3, 0.4) is 0 Å². The Bertz CT molecular complexity index is 1570. The first kappa shape index (κ1) is 26.3. The normalized spacial score (nSPS) is 17.2. The fourth-order valence-electron chi connectivity index (χ4n) is 5.48. The predicted molar refractivity (Wildman–Crippen MR) is 157 cm³/mol. The highest BCUT2D eigenvalue weighted by molar-refractivity contribution is 5.91. The lowest BCUT2D eigenvalue weighted by atomic mass is 9.90. The van der Waals surface area contributed by atoms with Crippen molar-refractivity contribution in [2.24, 2.45) is 5.73 Å². The lowest BCUT2D eigenvalue weighted by Gasteiger charge is -2.31. The van der Waals surface area contributed by atoms with Gasteiger partial charge >= 0.3 is 0 Å². The number of Topliss-reactive ketones (excluding diaryl/α,β-unsaturated/α-hetero) is 1. The molecule has 0 amide bonds.